The Balaban J connectivity index is 1.69. The molecule has 19 heavy (non-hydrogen) atoms. The minimum absolute atomic E-state index is 0.0273. The van der Waals surface area contributed by atoms with Crippen LogP contribution in [0.4, 0.5) is 0 Å². The predicted molar refractivity (Wildman–Crippen MR) is 69.0 cm³/mol. The van der Waals surface area contributed by atoms with Gasteiger partial charge in [0.1, 0.15) is 6.54 Å². The Morgan fingerprint density at radius 2 is 2.11 bits per heavy atom. The molecule has 0 aliphatic heterocycles. The topological polar surface area (TPSA) is 63.9 Å². The van der Waals surface area contributed by atoms with E-state index in [-0.39, 0.29) is 12.5 Å². The first-order valence-corrected chi connectivity index (χ1v) is 6.33. The summed E-state index contributed by atoms with van der Waals surface area (Å²) in [7, 11) is 1.83. The highest BCUT2D eigenvalue weighted by Crippen LogP contribution is 2.25. The monoisotopic (exact) mass is 257 g/mol. The van der Waals surface area contributed by atoms with Gasteiger partial charge in [-0.25, -0.2) is 0 Å². The molecule has 1 fully saturated rings. The van der Waals surface area contributed by atoms with E-state index in [2.05, 4.69) is 15.4 Å². The first-order valence-electron chi connectivity index (χ1n) is 6.33. The molecule has 0 unspecified atom stereocenters. The van der Waals surface area contributed by atoms with Crippen LogP contribution in [0, 0.1) is 0 Å². The van der Waals surface area contributed by atoms with E-state index in [0.29, 0.717) is 11.9 Å². The zero-order chi connectivity index (χ0) is 13.2. The molecule has 1 aromatic carbocycles. The van der Waals surface area contributed by atoms with Gasteiger partial charge in [0.25, 0.3) is 0 Å². The fourth-order valence-electron chi connectivity index (χ4n) is 1.91. The molecule has 1 aliphatic carbocycles. The number of carbonyl (C=O) groups is 1. The van der Waals surface area contributed by atoms with Gasteiger partial charge in [0.2, 0.25) is 11.7 Å². The van der Waals surface area contributed by atoms with Crippen molar-refractivity contribution in [2.24, 2.45) is 0 Å². The number of nitrogens with zero attached hydrogens (tertiary/aromatic N) is 5. The van der Waals surface area contributed by atoms with Gasteiger partial charge in [-0.05, 0) is 18.1 Å². The van der Waals surface area contributed by atoms with Crippen LogP contribution in [-0.4, -0.2) is 44.1 Å². The molecule has 0 saturated heterocycles. The Morgan fingerprint density at radius 3 is 2.79 bits per heavy atom. The van der Waals surface area contributed by atoms with Gasteiger partial charge in [-0.2, -0.15) is 4.80 Å². The molecule has 0 atom stereocenters. The number of aromatic nitrogens is 4. The highest BCUT2D eigenvalue weighted by Gasteiger charge is 2.29. The van der Waals surface area contributed by atoms with Gasteiger partial charge in [-0.1, -0.05) is 30.3 Å². The third-order valence-electron chi connectivity index (χ3n) is 3.25. The fourth-order valence-corrected chi connectivity index (χ4v) is 1.91. The molecule has 0 spiro atoms. The van der Waals surface area contributed by atoms with Crippen molar-refractivity contribution in [3.8, 4) is 11.4 Å². The maximum Gasteiger partial charge on any atom is 0.246 e. The molecule has 0 N–H and O–H groups in total. The van der Waals surface area contributed by atoms with E-state index in [9.17, 15) is 4.79 Å². The SMILES string of the molecule is CN(C(=O)Cn1nnc(-c2ccccc2)n1)C1CC1. The molecule has 6 nitrogen and oxygen atoms in total. The number of carbonyl (C=O) groups excluding carboxylic acids is 1. The highest BCUT2D eigenvalue weighted by atomic mass is 16.2. The standard InChI is InChI=1S/C13H15N5O/c1-17(11-7-8-11)12(19)9-18-15-13(14-16-18)10-5-3-2-4-6-10/h2-6,11H,7-9H2,1H3. The van der Waals surface area contributed by atoms with Gasteiger partial charge in [-0.3, -0.25) is 4.79 Å². The van der Waals surface area contributed by atoms with Crippen LogP contribution in [0.3, 0.4) is 0 Å². The first-order chi connectivity index (χ1) is 9.24. The van der Waals surface area contributed by atoms with Crippen LogP contribution in [0.15, 0.2) is 30.3 Å². The first kappa shape index (κ1) is 11.8. The molecule has 1 amide bonds. The number of rotatable bonds is 4. The van der Waals surface area contributed by atoms with Crippen LogP contribution in [0.25, 0.3) is 11.4 Å². The van der Waals surface area contributed by atoms with Gasteiger partial charge in [0.05, 0.1) is 0 Å². The number of likely N-dealkylation sites (N-methyl/N-ethyl adjacent to an activating group) is 1. The van der Waals surface area contributed by atoms with Crippen LogP contribution in [-0.2, 0) is 11.3 Å². The summed E-state index contributed by atoms with van der Waals surface area (Å²) in [6.45, 7) is 0.146. The molecule has 0 bridgehead atoms. The number of amides is 1. The molecule has 1 heterocycles. The summed E-state index contributed by atoms with van der Waals surface area (Å²) < 4.78 is 0. The number of hydrogen-bond donors (Lipinski definition) is 0. The van der Waals surface area contributed by atoms with Crippen molar-refractivity contribution in [1.29, 1.82) is 0 Å². The van der Waals surface area contributed by atoms with Crippen LogP contribution in [0.2, 0.25) is 0 Å². The lowest BCUT2D eigenvalue weighted by Crippen LogP contribution is -2.32. The van der Waals surface area contributed by atoms with Crippen LogP contribution in [0.5, 0.6) is 0 Å². The van der Waals surface area contributed by atoms with Gasteiger partial charge in [0.15, 0.2) is 0 Å². The molecule has 1 aromatic heterocycles. The molecular weight excluding hydrogens is 242 g/mol. The summed E-state index contributed by atoms with van der Waals surface area (Å²) in [5.41, 5.74) is 0.900. The lowest BCUT2D eigenvalue weighted by Gasteiger charge is -2.14. The quantitative estimate of drug-likeness (QED) is 0.818. The Hall–Kier alpha value is -2.24. The van der Waals surface area contributed by atoms with E-state index < -0.39 is 0 Å². The highest BCUT2D eigenvalue weighted by molar-refractivity contribution is 5.76. The van der Waals surface area contributed by atoms with E-state index >= 15 is 0 Å². The van der Waals surface area contributed by atoms with Crippen LogP contribution < -0.4 is 0 Å². The largest absolute Gasteiger partial charge is 0.341 e. The molecule has 1 aliphatic rings. The van der Waals surface area contributed by atoms with Gasteiger partial charge in [0, 0.05) is 18.7 Å². The predicted octanol–water partition coefficient (Wildman–Crippen LogP) is 0.961. The van der Waals surface area contributed by atoms with Crippen molar-refractivity contribution in [2.75, 3.05) is 7.05 Å². The van der Waals surface area contributed by atoms with Crippen molar-refractivity contribution in [3.63, 3.8) is 0 Å². The van der Waals surface area contributed by atoms with Crippen molar-refractivity contribution in [1.82, 2.24) is 25.1 Å². The van der Waals surface area contributed by atoms with E-state index in [1.807, 2.05) is 37.4 Å². The molecule has 2 aromatic rings. The lowest BCUT2D eigenvalue weighted by atomic mass is 10.2. The lowest BCUT2D eigenvalue weighted by molar-refractivity contribution is -0.131. The second kappa shape index (κ2) is 4.79. The van der Waals surface area contributed by atoms with Crippen molar-refractivity contribution >= 4 is 5.91 Å². The molecule has 0 radical (unpaired) electrons. The van der Waals surface area contributed by atoms with Crippen LogP contribution >= 0.6 is 0 Å². The summed E-state index contributed by atoms with van der Waals surface area (Å²) in [5, 5.41) is 12.1. The van der Waals surface area contributed by atoms with Gasteiger partial charge in [-0.15, -0.1) is 10.2 Å². The summed E-state index contributed by atoms with van der Waals surface area (Å²) in [6, 6.07) is 10.0. The minimum Gasteiger partial charge on any atom is -0.341 e. The average Bonchev–Trinajstić information content (AvgIpc) is 3.19. The van der Waals surface area contributed by atoms with Gasteiger partial charge >= 0.3 is 0 Å². The zero-order valence-electron chi connectivity index (χ0n) is 10.7. The zero-order valence-corrected chi connectivity index (χ0v) is 10.7. The number of hydrogen-bond acceptors (Lipinski definition) is 4. The number of benzene rings is 1. The average molecular weight is 257 g/mol. The molecule has 6 heteroatoms. The van der Waals surface area contributed by atoms with Crippen molar-refractivity contribution in [3.05, 3.63) is 30.3 Å². The van der Waals surface area contributed by atoms with E-state index in [1.54, 1.807) is 4.90 Å². The fraction of sp³-hybridized carbons (Fsp3) is 0.385. The van der Waals surface area contributed by atoms with Crippen LogP contribution in [0.1, 0.15) is 12.8 Å². The van der Waals surface area contributed by atoms with Crippen molar-refractivity contribution in [2.45, 2.75) is 25.4 Å². The summed E-state index contributed by atoms with van der Waals surface area (Å²) in [5.74, 6) is 0.571. The third kappa shape index (κ3) is 2.62. The third-order valence-corrected chi connectivity index (χ3v) is 3.25. The minimum atomic E-state index is 0.0273. The summed E-state index contributed by atoms with van der Waals surface area (Å²) in [4.78, 5) is 15.1. The Labute approximate surface area is 111 Å². The van der Waals surface area contributed by atoms with E-state index in [1.165, 1.54) is 4.80 Å². The molecular formula is C13H15N5O. The molecule has 98 valence electrons. The summed E-state index contributed by atoms with van der Waals surface area (Å²) in [6.07, 6.45) is 2.20. The number of tetrazole rings is 1. The van der Waals surface area contributed by atoms with E-state index in [4.69, 9.17) is 0 Å². The Kier molecular flexibility index (Phi) is 2.98. The Bertz CT molecular complexity index is 576. The second-order valence-electron chi connectivity index (χ2n) is 4.75. The Morgan fingerprint density at radius 1 is 1.37 bits per heavy atom. The van der Waals surface area contributed by atoms with Gasteiger partial charge < -0.3 is 4.90 Å². The maximum absolute atomic E-state index is 11.9. The molecule has 1 saturated carbocycles. The maximum atomic E-state index is 11.9. The molecule has 3 rings (SSSR count). The smallest absolute Gasteiger partial charge is 0.246 e. The van der Waals surface area contributed by atoms with E-state index in [0.717, 1.165) is 18.4 Å². The second-order valence-corrected chi connectivity index (χ2v) is 4.75. The summed E-state index contributed by atoms with van der Waals surface area (Å²) >= 11 is 0. The normalized spacial score (nSPS) is 14.4. The van der Waals surface area contributed by atoms with Crippen molar-refractivity contribution < 1.29 is 4.79 Å².